The van der Waals surface area contributed by atoms with Gasteiger partial charge in [0.05, 0.1) is 11.4 Å². The summed E-state index contributed by atoms with van der Waals surface area (Å²) in [6, 6.07) is 9.75. The predicted octanol–water partition coefficient (Wildman–Crippen LogP) is 4.00. The molecular weight excluding hydrogens is 236 g/mol. The first-order chi connectivity index (χ1) is 8.82. The number of aromatic nitrogens is 2. The van der Waals surface area contributed by atoms with Crippen LogP contribution in [0.25, 0.3) is 5.69 Å². The van der Waals surface area contributed by atoms with Gasteiger partial charge in [-0.05, 0) is 23.5 Å². The molecule has 0 fully saturated rings. The van der Waals surface area contributed by atoms with Crippen LogP contribution in [-0.4, -0.2) is 14.9 Å². The lowest BCUT2D eigenvalue weighted by molar-refractivity contribution is 0.413. The summed E-state index contributed by atoms with van der Waals surface area (Å²) in [5.74, 6) is 0.535. The molecule has 2 aromatic rings. The second kappa shape index (κ2) is 4.72. The number of benzene rings is 1. The second-order valence-corrected chi connectivity index (χ2v) is 6.24. The Kier molecular flexibility index (Phi) is 3.40. The van der Waals surface area contributed by atoms with Crippen molar-refractivity contribution in [2.75, 3.05) is 0 Å². The summed E-state index contributed by atoms with van der Waals surface area (Å²) in [7, 11) is 0. The summed E-state index contributed by atoms with van der Waals surface area (Å²) in [6.07, 6.45) is 0. The van der Waals surface area contributed by atoms with E-state index in [1.54, 1.807) is 4.68 Å². The van der Waals surface area contributed by atoms with Gasteiger partial charge in [0.1, 0.15) is 0 Å². The van der Waals surface area contributed by atoms with Crippen LogP contribution in [0.1, 0.15) is 51.8 Å². The summed E-state index contributed by atoms with van der Waals surface area (Å²) < 4.78 is 1.63. The molecule has 0 aliphatic carbocycles. The van der Waals surface area contributed by atoms with Gasteiger partial charge in [0.25, 0.3) is 0 Å². The molecule has 0 bridgehead atoms. The van der Waals surface area contributed by atoms with Crippen molar-refractivity contribution < 1.29 is 5.11 Å². The third-order valence-corrected chi connectivity index (χ3v) is 3.19. The SMILES string of the molecule is CC(C)c1nn(-c2ccccc2)c(O)c1C(C)(C)C. The molecule has 102 valence electrons. The Morgan fingerprint density at radius 3 is 2.11 bits per heavy atom. The van der Waals surface area contributed by atoms with Gasteiger partial charge in [0, 0.05) is 5.56 Å². The molecule has 0 atom stereocenters. The first kappa shape index (κ1) is 13.7. The number of rotatable bonds is 2. The summed E-state index contributed by atoms with van der Waals surface area (Å²) in [5, 5.41) is 15.2. The molecule has 0 unspecified atom stereocenters. The van der Waals surface area contributed by atoms with Crippen LogP contribution < -0.4 is 0 Å². The Hall–Kier alpha value is -1.77. The van der Waals surface area contributed by atoms with Gasteiger partial charge in [0.15, 0.2) is 0 Å². The molecule has 1 aromatic heterocycles. The molecule has 0 aliphatic rings. The monoisotopic (exact) mass is 258 g/mol. The molecule has 1 N–H and O–H groups in total. The molecule has 19 heavy (non-hydrogen) atoms. The van der Waals surface area contributed by atoms with E-state index in [0.29, 0.717) is 0 Å². The number of aromatic hydroxyl groups is 1. The van der Waals surface area contributed by atoms with Crippen molar-refractivity contribution in [1.82, 2.24) is 9.78 Å². The standard InChI is InChI=1S/C16H22N2O/c1-11(2)14-13(16(3,4)5)15(19)18(17-14)12-9-7-6-8-10-12/h6-11,19H,1-5H3. The zero-order valence-corrected chi connectivity index (χ0v) is 12.3. The minimum atomic E-state index is -0.128. The third kappa shape index (κ3) is 2.50. The lowest BCUT2D eigenvalue weighted by Crippen LogP contribution is -2.13. The van der Waals surface area contributed by atoms with Gasteiger partial charge in [-0.2, -0.15) is 5.10 Å². The largest absolute Gasteiger partial charge is 0.493 e. The normalized spacial score (nSPS) is 12.1. The molecular formula is C16H22N2O. The maximum Gasteiger partial charge on any atom is 0.218 e. The zero-order chi connectivity index (χ0) is 14.2. The van der Waals surface area contributed by atoms with E-state index in [1.807, 2.05) is 30.3 Å². The Balaban J connectivity index is 2.66. The quantitative estimate of drug-likeness (QED) is 0.884. The number of hydrogen-bond acceptors (Lipinski definition) is 2. The molecule has 3 heteroatoms. The minimum absolute atomic E-state index is 0.128. The smallest absolute Gasteiger partial charge is 0.218 e. The molecule has 1 heterocycles. The van der Waals surface area contributed by atoms with Crippen molar-refractivity contribution in [2.45, 2.75) is 46.0 Å². The van der Waals surface area contributed by atoms with Crippen LogP contribution in [0.2, 0.25) is 0 Å². The molecule has 0 radical (unpaired) electrons. The van der Waals surface area contributed by atoms with Crippen LogP contribution in [0.3, 0.4) is 0 Å². The summed E-state index contributed by atoms with van der Waals surface area (Å²) in [4.78, 5) is 0. The molecule has 2 rings (SSSR count). The molecule has 1 aromatic carbocycles. The van der Waals surface area contributed by atoms with Crippen molar-refractivity contribution in [2.24, 2.45) is 0 Å². The van der Waals surface area contributed by atoms with E-state index in [9.17, 15) is 5.11 Å². The number of hydrogen-bond donors (Lipinski definition) is 1. The van der Waals surface area contributed by atoms with E-state index in [1.165, 1.54) is 0 Å². The highest BCUT2D eigenvalue weighted by molar-refractivity contribution is 5.44. The van der Waals surface area contributed by atoms with Gasteiger partial charge in [-0.25, -0.2) is 4.68 Å². The lowest BCUT2D eigenvalue weighted by atomic mass is 9.84. The van der Waals surface area contributed by atoms with E-state index in [4.69, 9.17) is 0 Å². The Bertz CT molecular complexity index is 562. The summed E-state index contributed by atoms with van der Waals surface area (Å²) in [5.41, 5.74) is 2.66. The summed E-state index contributed by atoms with van der Waals surface area (Å²) in [6.45, 7) is 10.5. The second-order valence-electron chi connectivity index (χ2n) is 6.24. The van der Waals surface area contributed by atoms with E-state index < -0.39 is 0 Å². The Morgan fingerprint density at radius 1 is 1.11 bits per heavy atom. The van der Waals surface area contributed by atoms with Crippen molar-refractivity contribution >= 4 is 0 Å². The average Bonchev–Trinajstić information content (AvgIpc) is 2.68. The maximum atomic E-state index is 10.5. The van der Waals surface area contributed by atoms with E-state index in [2.05, 4.69) is 39.7 Å². The van der Waals surface area contributed by atoms with E-state index in [0.717, 1.165) is 16.9 Å². The topological polar surface area (TPSA) is 38.0 Å². The lowest BCUT2D eigenvalue weighted by Gasteiger charge is -2.20. The molecule has 0 saturated heterocycles. The van der Waals surface area contributed by atoms with Gasteiger partial charge in [-0.1, -0.05) is 52.8 Å². The Labute approximate surface area is 114 Å². The number of nitrogens with zero attached hydrogens (tertiary/aromatic N) is 2. The number of para-hydroxylation sites is 1. The Morgan fingerprint density at radius 2 is 1.68 bits per heavy atom. The molecule has 0 aliphatic heterocycles. The first-order valence-electron chi connectivity index (χ1n) is 6.70. The van der Waals surface area contributed by atoms with Gasteiger partial charge < -0.3 is 5.11 Å². The highest BCUT2D eigenvalue weighted by Gasteiger charge is 2.29. The van der Waals surface area contributed by atoms with Gasteiger partial charge >= 0.3 is 0 Å². The molecule has 0 amide bonds. The van der Waals surface area contributed by atoms with Crippen LogP contribution >= 0.6 is 0 Å². The summed E-state index contributed by atoms with van der Waals surface area (Å²) >= 11 is 0. The zero-order valence-electron chi connectivity index (χ0n) is 12.3. The van der Waals surface area contributed by atoms with Crippen molar-refractivity contribution in [1.29, 1.82) is 0 Å². The van der Waals surface area contributed by atoms with Crippen LogP contribution in [0, 0.1) is 0 Å². The fraction of sp³-hybridized carbons (Fsp3) is 0.438. The van der Waals surface area contributed by atoms with Crippen molar-refractivity contribution in [3.05, 3.63) is 41.6 Å². The maximum absolute atomic E-state index is 10.5. The van der Waals surface area contributed by atoms with Crippen molar-refractivity contribution in [3.8, 4) is 11.6 Å². The van der Waals surface area contributed by atoms with E-state index in [-0.39, 0.29) is 17.2 Å². The van der Waals surface area contributed by atoms with E-state index >= 15 is 0 Å². The third-order valence-electron chi connectivity index (χ3n) is 3.19. The predicted molar refractivity (Wildman–Crippen MR) is 78.0 cm³/mol. The van der Waals surface area contributed by atoms with Gasteiger partial charge in [-0.3, -0.25) is 0 Å². The fourth-order valence-electron chi connectivity index (χ4n) is 2.30. The van der Waals surface area contributed by atoms with Crippen LogP contribution in [0.5, 0.6) is 5.88 Å². The highest BCUT2D eigenvalue weighted by Crippen LogP contribution is 2.38. The van der Waals surface area contributed by atoms with Crippen LogP contribution in [-0.2, 0) is 5.41 Å². The average molecular weight is 258 g/mol. The van der Waals surface area contributed by atoms with Crippen LogP contribution in [0.4, 0.5) is 0 Å². The molecule has 0 saturated carbocycles. The van der Waals surface area contributed by atoms with Crippen molar-refractivity contribution in [3.63, 3.8) is 0 Å². The highest BCUT2D eigenvalue weighted by atomic mass is 16.3. The molecule has 3 nitrogen and oxygen atoms in total. The minimum Gasteiger partial charge on any atom is -0.493 e. The molecule has 0 spiro atoms. The first-order valence-corrected chi connectivity index (χ1v) is 6.70. The fourth-order valence-corrected chi connectivity index (χ4v) is 2.30. The van der Waals surface area contributed by atoms with Crippen LogP contribution in [0.15, 0.2) is 30.3 Å². The van der Waals surface area contributed by atoms with Gasteiger partial charge in [-0.15, -0.1) is 0 Å². The van der Waals surface area contributed by atoms with Gasteiger partial charge in [0.2, 0.25) is 5.88 Å².